The SMILES string of the molecule is COC(=O)CCC(C(=O)OC)C(=O)OC. The van der Waals surface area contributed by atoms with Crippen molar-refractivity contribution in [2.45, 2.75) is 12.8 Å². The Morgan fingerprint density at radius 2 is 1.40 bits per heavy atom. The summed E-state index contributed by atoms with van der Waals surface area (Å²) in [6, 6.07) is 0. The Morgan fingerprint density at radius 3 is 1.73 bits per heavy atom. The molecule has 0 N–H and O–H groups in total. The van der Waals surface area contributed by atoms with Crippen LogP contribution in [0.25, 0.3) is 0 Å². The second-order valence-corrected chi connectivity index (χ2v) is 2.71. The van der Waals surface area contributed by atoms with Crippen molar-refractivity contribution >= 4 is 17.9 Å². The Kier molecular flexibility index (Phi) is 6.08. The number of esters is 3. The van der Waals surface area contributed by atoms with Crippen LogP contribution in [0.3, 0.4) is 0 Å². The second kappa shape index (κ2) is 6.80. The lowest BCUT2D eigenvalue weighted by Crippen LogP contribution is -2.27. The highest BCUT2D eigenvalue weighted by atomic mass is 16.5. The van der Waals surface area contributed by atoms with E-state index >= 15 is 0 Å². The Hall–Kier alpha value is -1.59. The van der Waals surface area contributed by atoms with Crippen molar-refractivity contribution in [2.75, 3.05) is 21.3 Å². The third kappa shape index (κ3) is 4.44. The van der Waals surface area contributed by atoms with E-state index < -0.39 is 23.8 Å². The maximum Gasteiger partial charge on any atom is 0.320 e. The van der Waals surface area contributed by atoms with Crippen molar-refractivity contribution in [2.24, 2.45) is 5.92 Å². The van der Waals surface area contributed by atoms with Gasteiger partial charge in [0.2, 0.25) is 0 Å². The second-order valence-electron chi connectivity index (χ2n) is 2.71. The first kappa shape index (κ1) is 13.4. The minimum atomic E-state index is -1.07. The molecule has 0 aliphatic rings. The van der Waals surface area contributed by atoms with E-state index in [1.807, 2.05) is 0 Å². The number of methoxy groups -OCH3 is 3. The average Bonchev–Trinajstić information content (AvgIpc) is 2.27. The summed E-state index contributed by atoms with van der Waals surface area (Å²) < 4.78 is 13.2. The van der Waals surface area contributed by atoms with Gasteiger partial charge in [-0.1, -0.05) is 0 Å². The summed E-state index contributed by atoms with van der Waals surface area (Å²) in [5, 5.41) is 0. The van der Waals surface area contributed by atoms with Crippen LogP contribution >= 0.6 is 0 Å². The van der Waals surface area contributed by atoms with Crippen molar-refractivity contribution in [1.29, 1.82) is 0 Å². The van der Waals surface area contributed by atoms with Gasteiger partial charge in [-0.3, -0.25) is 14.4 Å². The Morgan fingerprint density at radius 1 is 0.933 bits per heavy atom. The van der Waals surface area contributed by atoms with Crippen LogP contribution in [0.15, 0.2) is 0 Å². The van der Waals surface area contributed by atoms with Gasteiger partial charge in [0.05, 0.1) is 21.3 Å². The van der Waals surface area contributed by atoms with Gasteiger partial charge in [0, 0.05) is 6.42 Å². The monoisotopic (exact) mass is 218 g/mol. The summed E-state index contributed by atoms with van der Waals surface area (Å²) in [5.74, 6) is -3.00. The summed E-state index contributed by atoms with van der Waals surface area (Å²) in [7, 11) is 3.56. The fourth-order valence-electron chi connectivity index (χ4n) is 0.981. The van der Waals surface area contributed by atoms with Crippen LogP contribution in [0, 0.1) is 5.92 Å². The van der Waals surface area contributed by atoms with Crippen LogP contribution in [-0.2, 0) is 28.6 Å². The number of rotatable bonds is 5. The smallest absolute Gasteiger partial charge is 0.320 e. The highest BCUT2D eigenvalue weighted by Crippen LogP contribution is 2.11. The molecule has 0 amide bonds. The molecule has 15 heavy (non-hydrogen) atoms. The topological polar surface area (TPSA) is 78.9 Å². The fourth-order valence-corrected chi connectivity index (χ4v) is 0.981. The molecule has 0 aromatic rings. The Bertz CT molecular complexity index is 231. The van der Waals surface area contributed by atoms with Crippen molar-refractivity contribution in [3.05, 3.63) is 0 Å². The van der Waals surface area contributed by atoms with Crippen LogP contribution in [0.4, 0.5) is 0 Å². The molecule has 0 fully saturated rings. The van der Waals surface area contributed by atoms with Gasteiger partial charge in [-0.15, -0.1) is 0 Å². The summed E-state index contributed by atoms with van der Waals surface area (Å²) in [4.78, 5) is 33.1. The first-order chi connectivity index (χ1) is 7.06. The molecule has 0 spiro atoms. The van der Waals surface area contributed by atoms with Gasteiger partial charge in [-0.05, 0) is 6.42 Å². The number of hydrogen-bond acceptors (Lipinski definition) is 6. The molecule has 0 bridgehead atoms. The van der Waals surface area contributed by atoms with E-state index in [0.29, 0.717) is 0 Å². The van der Waals surface area contributed by atoms with Crippen LogP contribution in [0.2, 0.25) is 0 Å². The Labute approximate surface area is 87.5 Å². The molecule has 0 saturated carbocycles. The molecule has 6 heteroatoms. The molecule has 0 aliphatic heterocycles. The molecule has 0 aliphatic carbocycles. The van der Waals surface area contributed by atoms with Gasteiger partial charge in [-0.2, -0.15) is 0 Å². The molecule has 0 unspecified atom stereocenters. The van der Waals surface area contributed by atoms with Crippen molar-refractivity contribution in [3.8, 4) is 0 Å². The van der Waals surface area contributed by atoms with E-state index in [4.69, 9.17) is 0 Å². The van der Waals surface area contributed by atoms with Gasteiger partial charge in [0.1, 0.15) is 0 Å². The summed E-state index contributed by atoms with van der Waals surface area (Å²) in [6.45, 7) is 0. The summed E-state index contributed by atoms with van der Waals surface area (Å²) in [6.07, 6.45) is -0.0165. The maximum absolute atomic E-state index is 11.1. The van der Waals surface area contributed by atoms with Crippen LogP contribution < -0.4 is 0 Å². The standard InChI is InChI=1S/C9H14O6/c1-13-7(10)5-4-6(8(11)14-2)9(12)15-3/h6H,4-5H2,1-3H3. The first-order valence-electron chi connectivity index (χ1n) is 4.29. The van der Waals surface area contributed by atoms with E-state index in [1.165, 1.54) is 7.11 Å². The predicted octanol–water partition coefficient (Wildman–Crippen LogP) is -0.0982. The van der Waals surface area contributed by atoms with E-state index in [-0.39, 0.29) is 12.8 Å². The lowest BCUT2D eigenvalue weighted by Gasteiger charge is -2.11. The molecule has 0 radical (unpaired) electrons. The first-order valence-corrected chi connectivity index (χ1v) is 4.29. The zero-order valence-corrected chi connectivity index (χ0v) is 8.94. The molecule has 0 atom stereocenters. The number of hydrogen-bond donors (Lipinski definition) is 0. The van der Waals surface area contributed by atoms with Crippen molar-refractivity contribution < 1.29 is 28.6 Å². The van der Waals surface area contributed by atoms with Crippen LogP contribution in [-0.4, -0.2) is 39.2 Å². The van der Waals surface area contributed by atoms with Crippen molar-refractivity contribution in [3.63, 3.8) is 0 Å². The van der Waals surface area contributed by atoms with Gasteiger partial charge < -0.3 is 14.2 Å². The number of carbonyl (C=O) groups excluding carboxylic acids is 3. The zero-order chi connectivity index (χ0) is 11.8. The lowest BCUT2D eigenvalue weighted by molar-refractivity contribution is -0.159. The van der Waals surface area contributed by atoms with Gasteiger partial charge in [0.25, 0.3) is 0 Å². The van der Waals surface area contributed by atoms with E-state index in [1.54, 1.807) is 0 Å². The molecule has 0 saturated heterocycles. The third-order valence-electron chi connectivity index (χ3n) is 1.84. The molecule has 0 aromatic carbocycles. The summed E-state index contributed by atoms with van der Waals surface area (Å²) >= 11 is 0. The van der Waals surface area contributed by atoms with Gasteiger partial charge in [0.15, 0.2) is 5.92 Å². The number of carbonyl (C=O) groups is 3. The maximum atomic E-state index is 11.1. The number of ether oxygens (including phenoxy) is 3. The molecule has 0 aromatic heterocycles. The normalized spacial score (nSPS) is 9.60. The van der Waals surface area contributed by atoms with E-state index in [0.717, 1.165) is 14.2 Å². The highest BCUT2D eigenvalue weighted by molar-refractivity contribution is 5.95. The molecule has 86 valence electrons. The summed E-state index contributed by atoms with van der Waals surface area (Å²) in [5.41, 5.74) is 0. The minimum absolute atomic E-state index is 0.0199. The molecule has 0 rings (SSSR count). The third-order valence-corrected chi connectivity index (χ3v) is 1.84. The fraction of sp³-hybridized carbons (Fsp3) is 0.667. The molecular formula is C9H14O6. The van der Waals surface area contributed by atoms with E-state index in [9.17, 15) is 14.4 Å². The largest absolute Gasteiger partial charge is 0.469 e. The molecule has 6 nitrogen and oxygen atoms in total. The zero-order valence-electron chi connectivity index (χ0n) is 8.94. The molecular weight excluding hydrogens is 204 g/mol. The minimum Gasteiger partial charge on any atom is -0.469 e. The lowest BCUT2D eigenvalue weighted by atomic mass is 10.0. The average molecular weight is 218 g/mol. The quantitative estimate of drug-likeness (QED) is 0.364. The van der Waals surface area contributed by atoms with Crippen LogP contribution in [0.1, 0.15) is 12.8 Å². The van der Waals surface area contributed by atoms with Gasteiger partial charge in [-0.25, -0.2) is 0 Å². The van der Waals surface area contributed by atoms with Gasteiger partial charge >= 0.3 is 17.9 Å². The highest BCUT2D eigenvalue weighted by Gasteiger charge is 2.29. The van der Waals surface area contributed by atoms with Crippen molar-refractivity contribution in [1.82, 2.24) is 0 Å². The predicted molar refractivity (Wildman–Crippen MR) is 48.8 cm³/mol. The van der Waals surface area contributed by atoms with Crippen LogP contribution in [0.5, 0.6) is 0 Å². The molecule has 0 heterocycles. The Balaban J connectivity index is 4.32. The van der Waals surface area contributed by atoms with E-state index in [2.05, 4.69) is 14.2 Å².